The van der Waals surface area contributed by atoms with Crippen LogP contribution in [0.25, 0.3) is 5.69 Å². The predicted molar refractivity (Wildman–Crippen MR) is 151 cm³/mol. The molecule has 0 spiro atoms. The van der Waals surface area contributed by atoms with Crippen molar-refractivity contribution in [2.75, 3.05) is 66.8 Å². The molecule has 2 aliphatic rings. The molecule has 2 aliphatic heterocycles. The number of aromatic nitrogens is 3. The molecule has 220 valence electrons. The maximum atomic E-state index is 14.3. The van der Waals surface area contributed by atoms with Crippen molar-refractivity contribution < 1.29 is 23.8 Å². The summed E-state index contributed by atoms with van der Waals surface area (Å²) in [5, 5.41) is 12.3. The highest BCUT2D eigenvalue weighted by Gasteiger charge is 2.37. The minimum atomic E-state index is -0.180. The quantitative estimate of drug-likeness (QED) is 0.396. The highest BCUT2D eigenvalue weighted by Crippen LogP contribution is 2.25. The van der Waals surface area contributed by atoms with Gasteiger partial charge in [0.25, 0.3) is 5.91 Å². The third kappa shape index (κ3) is 7.38. The Balaban J connectivity index is 1.60. The Morgan fingerprint density at radius 2 is 1.98 bits per heavy atom. The first-order chi connectivity index (χ1) is 19.4. The number of ether oxygens (including phenoxy) is 3. The van der Waals surface area contributed by atoms with E-state index in [0.29, 0.717) is 76.8 Å². The summed E-state index contributed by atoms with van der Waals surface area (Å²) in [5.41, 5.74) is 1.92. The summed E-state index contributed by atoms with van der Waals surface area (Å²) in [6.45, 7) is 9.06. The summed E-state index contributed by atoms with van der Waals surface area (Å²) in [6.07, 6.45) is 2.94. The van der Waals surface area contributed by atoms with Crippen LogP contribution in [0.1, 0.15) is 49.3 Å². The van der Waals surface area contributed by atoms with Gasteiger partial charge in [-0.25, -0.2) is 4.68 Å². The van der Waals surface area contributed by atoms with Gasteiger partial charge in [-0.2, -0.15) is 0 Å². The monoisotopic (exact) mass is 556 g/mol. The summed E-state index contributed by atoms with van der Waals surface area (Å²) in [4.78, 5) is 31.4. The maximum Gasteiger partial charge on any atom is 0.276 e. The normalized spacial score (nSPS) is 19.6. The summed E-state index contributed by atoms with van der Waals surface area (Å²) in [5.74, 6) is 0.770. The molecule has 0 unspecified atom stereocenters. The number of rotatable bonds is 12. The summed E-state index contributed by atoms with van der Waals surface area (Å²) in [7, 11) is 3.32. The van der Waals surface area contributed by atoms with Gasteiger partial charge in [-0.3, -0.25) is 9.59 Å². The molecule has 0 saturated carbocycles. The first kappa shape index (κ1) is 30.0. The van der Waals surface area contributed by atoms with Gasteiger partial charge in [0.1, 0.15) is 5.75 Å². The highest BCUT2D eigenvalue weighted by molar-refractivity contribution is 5.94. The van der Waals surface area contributed by atoms with Crippen LogP contribution in [-0.2, 0) is 20.7 Å². The second-order valence-corrected chi connectivity index (χ2v) is 11.0. The standard InChI is InChI=1S/C29H44N6O5/c1-21(2)20-34(24-16-22(18-30-19-24)28(36)33-11-14-40-15-12-33)29(37)27-26(10-5-6-13-38-3)35(32-31-27)23-8-7-9-25(17-23)39-4/h7-9,17,21-22,24,30H,5-6,10-16,18-20H2,1-4H3/t22-,24+/m1/s1. The van der Waals surface area contributed by atoms with Crippen molar-refractivity contribution >= 4 is 11.8 Å². The van der Waals surface area contributed by atoms with Crippen LogP contribution in [0.15, 0.2) is 24.3 Å². The van der Waals surface area contributed by atoms with Crippen LogP contribution in [0.3, 0.4) is 0 Å². The zero-order chi connectivity index (χ0) is 28.5. The van der Waals surface area contributed by atoms with Crippen LogP contribution >= 0.6 is 0 Å². The molecule has 0 aliphatic carbocycles. The van der Waals surface area contributed by atoms with Crippen LogP contribution in [0.2, 0.25) is 0 Å². The average Bonchev–Trinajstić information content (AvgIpc) is 3.41. The fourth-order valence-electron chi connectivity index (χ4n) is 5.49. The van der Waals surface area contributed by atoms with E-state index in [4.69, 9.17) is 14.2 Å². The molecule has 11 nitrogen and oxygen atoms in total. The van der Waals surface area contributed by atoms with Crippen LogP contribution < -0.4 is 10.1 Å². The van der Waals surface area contributed by atoms with Crippen molar-refractivity contribution in [1.82, 2.24) is 30.1 Å². The largest absolute Gasteiger partial charge is 0.497 e. The van der Waals surface area contributed by atoms with E-state index in [-0.39, 0.29) is 29.7 Å². The number of hydrogen-bond donors (Lipinski definition) is 1. The first-order valence-electron chi connectivity index (χ1n) is 14.4. The summed E-state index contributed by atoms with van der Waals surface area (Å²) < 4.78 is 17.8. The zero-order valence-electron chi connectivity index (χ0n) is 24.3. The Kier molecular flexibility index (Phi) is 10.9. The molecule has 40 heavy (non-hydrogen) atoms. The van der Waals surface area contributed by atoms with Crippen LogP contribution in [0.5, 0.6) is 5.75 Å². The van der Waals surface area contributed by atoms with Crippen molar-refractivity contribution in [3.63, 3.8) is 0 Å². The van der Waals surface area contributed by atoms with Gasteiger partial charge in [0.2, 0.25) is 5.91 Å². The number of unbranched alkanes of at least 4 members (excludes halogenated alkanes) is 1. The Morgan fingerprint density at radius 3 is 2.70 bits per heavy atom. The number of carbonyl (C=O) groups is 2. The minimum absolute atomic E-state index is 0.123. The molecule has 1 aromatic heterocycles. The number of nitrogens with one attached hydrogen (secondary N) is 1. The van der Waals surface area contributed by atoms with Crippen LogP contribution in [0, 0.1) is 11.8 Å². The zero-order valence-corrected chi connectivity index (χ0v) is 24.3. The molecule has 3 heterocycles. The van der Waals surface area contributed by atoms with E-state index in [1.165, 1.54) is 0 Å². The Bertz CT molecular complexity index is 1120. The lowest BCUT2D eigenvalue weighted by molar-refractivity contribution is -0.140. The van der Waals surface area contributed by atoms with E-state index in [9.17, 15) is 9.59 Å². The molecule has 0 bridgehead atoms. The molecule has 1 aromatic carbocycles. The van der Waals surface area contributed by atoms with Crippen molar-refractivity contribution in [2.24, 2.45) is 11.8 Å². The Hall–Kier alpha value is -3.02. The third-order valence-corrected chi connectivity index (χ3v) is 7.54. The summed E-state index contributed by atoms with van der Waals surface area (Å²) >= 11 is 0. The fourth-order valence-corrected chi connectivity index (χ4v) is 5.49. The van der Waals surface area contributed by atoms with E-state index in [1.54, 1.807) is 18.9 Å². The average molecular weight is 557 g/mol. The van der Waals surface area contributed by atoms with Crippen LogP contribution in [0.4, 0.5) is 0 Å². The van der Waals surface area contributed by atoms with E-state index >= 15 is 0 Å². The van der Waals surface area contributed by atoms with Gasteiger partial charge in [0.05, 0.1) is 37.6 Å². The minimum Gasteiger partial charge on any atom is -0.497 e. The number of benzene rings is 1. The molecule has 4 rings (SSSR count). The number of methoxy groups -OCH3 is 2. The molecule has 2 atom stereocenters. The molecule has 11 heteroatoms. The van der Waals surface area contributed by atoms with E-state index < -0.39 is 0 Å². The van der Waals surface area contributed by atoms with Crippen LogP contribution in [-0.4, -0.2) is 109 Å². The fraction of sp³-hybridized carbons (Fsp3) is 0.655. The van der Waals surface area contributed by atoms with Crippen molar-refractivity contribution in [3.8, 4) is 11.4 Å². The van der Waals surface area contributed by atoms with Gasteiger partial charge in [-0.1, -0.05) is 25.1 Å². The molecule has 1 N–H and O–H groups in total. The number of carbonyl (C=O) groups excluding carboxylic acids is 2. The van der Waals surface area contributed by atoms with Crippen molar-refractivity contribution in [2.45, 2.75) is 45.6 Å². The second-order valence-electron chi connectivity index (χ2n) is 11.0. The Morgan fingerprint density at radius 1 is 1.18 bits per heavy atom. The third-order valence-electron chi connectivity index (χ3n) is 7.54. The topological polar surface area (TPSA) is 111 Å². The molecule has 2 saturated heterocycles. The molecular formula is C29H44N6O5. The second kappa shape index (κ2) is 14.6. The molecule has 2 fully saturated rings. The molecule has 2 amide bonds. The highest BCUT2D eigenvalue weighted by atomic mass is 16.5. The van der Waals surface area contributed by atoms with Gasteiger partial charge in [-0.05, 0) is 43.7 Å². The smallest absolute Gasteiger partial charge is 0.276 e. The lowest BCUT2D eigenvalue weighted by Gasteiger charge is -2.40. The predicted octanol–water partition coefficient (Wildman–Crippen LogP) is 2.18. The van der Waals surface area contributed by atoms with E-state index in [1.807, 2.05) is 34.1 Å². The van der Waals surface area contributed by atoms with E-state index in [0.717, 1.165) is 24.2 Å². The first-order valence-corrected chi connectivity index (χ1v) is 14.4. The Labute approximate surface area is 237 Å². The lowest BCUT2D eigenvalue weighted by Crippen LogP contribution is -2.56. The van der Waals surface area contributed by atoms with Gasteiger partial charge < -0.3 is 29.3 Å². The van der Waals surface area contributed by atoms with Crippen molar-refractivity contribution in [1.29, 1.82) is 0 Å². The molecule has 0 radical (unpaired) electrons. The SMILES string of the molecule is COCCCCc1c(C(=O)N(CC(C)C)[C@@H]2CNC[C@H](C(=O)N3CCOCC3)C2)nnn1-c1cccc(OC)c1. The van der Waals surface area contributed by atoms with Gasteiger partial charge in [0, 0.05) is 58.5 Å². The number of hydrogen-bond acceptors (Lipinski definition) is 8. The summed E-state index contributed by atoms with van der Waals surface area (Å²) in [6, 6.07) is 7.47. The van der Waals surface area contributed by atoms with Crippen molar-refractivity contribution in [3.05, 3.63) is 35.7 Å². The van der Waals surface area contributed by atoms with Gasteiger partial charge >= 0.3 is 0 Å². The lowest BCUT2D eigenvalue weighted by atomic mass is 9.92. The number of nitrogens with zero attached hydrogens (tertiary/aromatic N) is 5. The maximum absolute atomic E-state index is 14.3. The number of piperidine rings is 1. The number of amides is 2. The van der Waals surface area contributed by atoms with E-state index in [2.05, 4.69) is 29.5 Å². The number of morpholine rings is 1. The molecule has 2 aromatic rings. The molecular weight excluding hydrogens is 512 g/mol. The van der Waals surface area contributed by atoms with Gasteiger partial charge in [-0.15, -0.1) is 5.10 Å². The van der Waals surface area contributed by atoms with Gasteiger partial charge in [0.15, 0.2) is 5.69 Å².